The number of ether oxygens (including phenoxy) is 1. The summed E-state index contributed by atoms with van der Waals surface area (Å²) in [7, 11) is 0. The number of anilines is 1. The fourth-order valence-electron chi connectivity index (χ4n) is 2.75. The second kappa shape index (κ2) is 6.98. The van der Waals surface area contributed by atoms with E-state index in [9.17, 15) is 4.79 Å². The van der Waals surface area contributed by atoms with E-state index >= 15 is 0 Å². The largest absolute Gasteiger partial charge is 0.377 e. The first-order valence-electron chi connectivity index (χ1n) is 7.40. The molecule has 5 nitrogen and oxygen atoms in total. The van der Waals surface area contributed by atoms with E-state index in [1.54, 1.807) is 0 Å². The molecule has 1 aliphatic rings. The molecule has 0 saturated carbocycles. The van der Waals surface area contributed by atoms with E-state index in [2.05, 4.69) is 37.9 Å². The lowest BCUT2D eigenvalue weighted by molar-refractivity contribution is 0.0940. The zero-order valence-corrected chi connectivity index (χ0v) is 15.2. The van der Waals surface area contributed by atoms with Crippen molar-refractivity contribution in [3.63, 3.8) is 0 Å². The van der Waals surface area contributed by atoms with Gasteiger partial charge < -0.3 is 15.4 Å². The number of rotatable bonds is 4. The van der Waals surface area contributed by atoms with Crippen LogP contribution in [0.2, 0.25) is 0 Å². The van der Waals surface area contributed by atoms with Crippen molar-refractivity contribution in [3.8, 4) is 0 Å². The summed E-state index contributed by atoms with van der Waals surface area (Å²) >= 11 is 4.88. The molecule has 7 heteroatoms. The number of thiazole rings is 1. The molecule has 0 radical (unpaired) electrons. The molecular weight excluding hydrogens is 378 g/mol. The van der Waals surface area contributed by atoms with Crippen molar-refractivity contribution in [2.45, 2.75) is 19.4 Å². The molecule has 0 bridgehead atoms. The number of hydrogen-bond donors (Lipinski definition) is 1. The Morgan fingerprint density at radius 2 is 2.39 bits per heavy atom. The number of primary amides is 1. The summed E-state index contributed by atoms with van der Waals surface area (Å²) in [4.78, 5) is 18.8. The SMILES string of the molecule is Cc1nc(N2CCOCC2Cc2cccc(Br)c2)sc1C(N)=O. The Morgan fingerprint density at radius 1 is 1.57 bits per heavy atom. The molecule has 2 heterocycles. The number of carbonyl (C=O) groups is 1. The maximum atomic E-state index is 11.5. The highest BCUT2D eigenvalue weighted by Gasteiger charge is 2.27. The van der Waals surface area contributed by atoms with E-state index in [0.29, 0.717) is 23.8 Å². The third kappa shape index (κ3) is 3.73. The van der Waals surface area contributed by atoms with Crippen LogP contribution in [-0.4, -0.2) is 36.7 Å². The van der Waals surface area contributed by atoms with Gasteiger partial charge in [0.25, 0.3) is 5.91 Å². The van der Waals surface area contributed by atoms with Gasteiger partial charge in [0.15, 0.2) is 5.13 Å². The van der Waals surface area contributed by atoms with E-state index in [1.165, 1.54) is 16.9 Å². The van der Waals surface area contributed by atoms with Gasteiger partial charge in [0, 0.05) is 11.0 Å². The van der Waals surface area contributed by atoms with Crippen molar-refractivity contribution in [1.82, 2.24) is 4.98 Å². The fraction of sp³-hybridized carbons (Fsp3) is 0.375. The Labute approximate surface area is 147 Å². The molecule has 1 aromatic carbocycles. The summed E-state index contributed by atoms with van der Waals surface area (Å²) in [6.45, 7) is 3.91. The highest BCUT2D eigenvalue weighted by molar-refractivity contribution is 9.10. The fourth-order valence-corrected chi connectivity index (χ4v) is 4.21. The molecule has 1 amide bonds. The van der Waals surface area contributed by atoms with Crippen LogP contribution in [0, 0.1) is 6.92 Å². The molecule has 0 aliphatic carbocycles. The molecule has 1 fully saturated rings. The average molecular weight is 396 g/mol. The first-order valence-corrected chi connectivity index (χ1v) is 9.01. The number of benzene rings is 1. The van der Waals surface area contributed by atoms with Crippen molar-refractivity contribution in [2.24, 2.45) is 5.73 Å². The Bertz CT molecular complexity index is 719. The summed E-state index contributed by atoms with van der Waals surface area (Å²) in [6.07, 6.45) is 0.865. The van der Waals surface area contributed by atoms with Crippen molar-refractivity contribution in [1.29, 1.82) is 0 Å². The molecule has 0 spiro atoms. The van der Waals surface area contributed by atoms with Crippen LogP contribution in [0.3, 0.4) is 0 Å². The smallest absolute Gasteiger partial charge is 0.260 e. The maximum absolute atomic E-state index is 11.5. The molecule has 1 atom stereocenters. The Hall–Kier alpha value is -1.44. The molecule has 3 rings (SSSR count). The van der Waals surface area contributed by atoms with Crippen molar-refractivity contribution >= 4 is 38.3 Å². The van der Waals surface area contributed by atoms with Gasteiger partial charge in [-0.2, -0.15) is 0 Å². The lowest BCUT2D eigenvalue weighted by Crippen LogP contribution is -2.46. The van der Waals surface area contributed by atoms with Gasteiger partial charge in [-0.25, -0.2) is 4.98 Å². The average Bonchev–Trinajstić information content (AvgIpc) is 2.90. The van der Waals surface area contributed by atoms with Crippen LogP contribution in [0.15, 0.2) is 28.7 Å². The summed E-state index contributed by atoms with van der Waals surface area (Å²) < 4.78 is 6.72. The number of amides is 1. The number of hydrogen-bond acceptors (Lipinski definition) is 5. The summed E-state index contributed by atoms with van der Waals surface area (Å²) in [5, 5.41) is 0.847. The number of aryl methyl sites for hydroxylation is 1. The molecule has 2 aromatic rings. The lowest BCUT2D eigenvalue weighted by Gasteiger charge is -2.35. The van der Waals surface area contributed by atoms with E-state index in [1.807, 2.05) is 19.1 Å². The monoisotopic (exact) mass is 395 g/mol. The van der Waals surface area contributed by atoms with Crippen molar-refractivity contribution in [3.05, 3.63) is 44.9 Å². The standard InChI is InChI=1S/C16H18BrN3O2S/c1-10-14(15(18)21)23-16(19-10)20-5-6-22-9-13(20)8-11-3-2-4-12(17)7-11/h2-4,7,13H,5-6,8-9H2,1H3,(H2,18,21). The second-order valence-corrected chi connectivity index (χ2v) is 7.42. The minimum Gasteiger partial charge on any atom is -0.377 e. The lowest BCUT2D eigenvalue weighted by atomic mass is 10.0. The normalized spacial score (nSPS) is 18.2. The van der Waals surface area contributed by atoms with Crippen LogP contribution in [0.4, 0.5) is 5.13 Å². The number of nitrogens with zero attached hydrogens (tertiary/aromatic N) is 2. The van der Waals surface area contributed by atoms with Gasteiger partial charge in [0.2, 0.25) is 0 Å². The number of carbonyl (C=O) groups excluding carboxylic acids is 1. The molecule has 1 aromatic heterocycles. The van der Waals surface area contributed by atoms with Gasteiger partial charge in [-0.15, -0.1) is 0 Å². The molecule has 1 saturated heterocycles. The van der Waals surface area contributed by atoms with E-state index in [-0.39, 0.29) is 6.04 Å². The predicted molar refractivity (Wildman–Crippen MR) is 95.2 cm³/mol. The zero-order valence-electron chi connectivity index (χ0n) is 12.8. The molecular formula is C16H18BrN3O2S. The predicted octanol–water partition coefficient (Wildman–Crippen LogP) is 2.76. The molecule has 23 heavy (non-hydrogen) atoms. The van der Waals surface area contributed by atoms with Crippen molar-refractivity contribution in [2.75, 3.05) is 24.7 Å². The topological polar surface area (TPSA) is 68.5 Å². The second-order valence-electron chi connectivity index (χ2n) is 5.53. The Morgan fingerprint density at radius 3 is 3.09 bits per heavy atom. The summed E-state index contributed by atoms with van der Waals surface area (Å²) in [5.41, 5.74) is 7.35. The van der Waals surface area contributed by atoms with Crippen molar-refractivity contribution < 1.29 is 9.53 Å². The Balaban J connectivity index is 1.84. The Kier molecular flexibility index (Phi) is 4.99. The highest BCUT2D eigenvalue weighted by Crippen LogP contribution is 2.29. The van der Waals surface area contributed by atoms with E-state index < -0.39 is 5.91 Å². The number of halogens is 1. The van der Waals surface area contributed by atoms with Crippen LogP contribution in [0.25, 0.3) is 0 Å². The minimum absolute atomic E-state index is 0.198. The number of aromatic nitrogens is 1. The minimum atomic E-state index is -0.414. The van der Waals surface area contributed by atoms with E-state index in [4.69, 9.17) is 10.5 Å². The van der Waals surface area contributed by atoms with Crippen LogP contribution < -0.4 is 10.6 Å². The maximum Gasteiger partial charge on any atom is 0.260 e. The number of morpholine rings is 1. The first-order chi connectivity index (χ1) is 11.0. The number of nitrogens with two attached hydrogens (primary N) is 1. The van der Waals surface area contributed by atoms with Gasteiger partial charge in [-0.1, -0.05) is 39.4 Å². The summed E-state index contributed by atoms with van der Waals surface area (Å²) in [6, 6.07) is 8.48. The third-order valence-corrected chi connectivity index (χ3v) is 5.55. The van der Waals surface area contributed by atoms with Gasteiger partial charge in [0.1, 0.15) is 4.88 Å². The molecule has 1 aliphatic heterocycles. The zero-order chi connectivity index (χ0) is 16.4. The van der Waals surface area contributed by atoms with Gasteiger partial charge in [-0.05, 0) is 31.0 Å². The molecule has 1 unspecified atom stereocenters. The van der Waals surface area contributed by atoms with Crippen LogP contribution >= 0.6 is 27.3 Å². The third-order valence-electron chi connectivity index (χ3n) is 3.84. The van der Waals surface area contributed by atoms with Crippen LogP contribution in [-0.2, 0) is 11.2 Å². The molecule has 2 N–H and O–H groups in total. The van der Waals surface area contributed by atoms with Crippen LogP contribution in [0.1, 0.15) is 20.9 Å². The highest BCUT2D eigenvalue weighted by atomic mass is 79.9. The van der Waals surface area contributed by atoms with Crippen LogP contribution in [0.5, 0.6) is 0 Å². The molecule has 122 valence electrons. The van der Waals surface area contributed by atoms with Gasteiger partial charge >= 0.3 is 0 Å². The quantitative estimate of drug-likeness (QED) is 0.863. The van der Waals surface area contributed by atoms with Gasteiger partial charge in [-0.3, -0.25) is 4.79 Å². The van der Waals surface area contributed by atoms with Gasteiger partial charge in [0.05, 0.1) is 24.9 Å². The summed E-state index contributed by atoms with van der Waals surface area (Å²) in [5.74, 6) is -0.414. The first kappa shape index (κ1) is 16.4. The van der Waals surface area contributed by atoms with E-state index in [0.717, 1.165) is 22.6 Å².